The van der Waals surface area contributed by atoms with E-state index in [2.05, 4.69) is 11.4 Å². The van der Waals surface area contributed by atoms with Crippen LogP contribution in [0.2, 0.25) is 0 Å². The highest BCUT2D eigenvalue weighted by atomic mass is 16.5. The molecule has 80 valence electrons. The second-order valence-corrected chi connectivity index (χ2v) is 3.64. The maximum atomic E-state index is 10.5. The fourth-order valence-corrected chi connectivity index (χ4v) is 1.77. The summed E-state index contributed by atoms with van der Waals surface area (Å²) in [5, 5.41) is 3.01. The number of nitrogens with one attached hydrogen (secondary N) is 1. The normalized spacial score (nSPS) is 18.3. The van der Waals surface area contributed by atoms with Gasteiger partial charge >= 0.3 is 0 Å². The number of carbonyl (C=O) groups is 1. The highest BCUT2D eigenvalue weighted by molar-refractivity contribution is 5.75. The molecule has 3 N–H and O–H groups in total. The Morgan fingerprint density at radius 2 is 2.33 bits per heavy atom. The van der Waals surface area contributed by atoms with Crippen LogP contribution in [0, 0.1) is 0 Å². The number of hydrogen-bond acceptors (Lipinski definition) is 3. The van der Waals surface area contributed by atoms with Gasteiger partial charge in [0, 0.05) is 18.0 Å². The van der Waals surface area contributed by atoms with Crippen molar-refractivity contribution in [3.63, 3.8) is 0 Å². The smallest absolute Gasteiger partial charge is 0.231 e. The minimum Gasteiger partial charge on any atom is -0.493 e. The molecule has 0 aromatic heterocycles. The fourth-order valence-electron chi connectivity index (χ4n) is 1.77. The van der Waals surface area contributed by atoms with E-state index in [-0.39, 0.29) is 12.5 Å². The van der Waals surface area contributed by atoms with Gasteiger partial charge < -0.3 is 15.8 Å². The van der Waals surface area contributed by atoms with E-state index in [4.69, 9.17) is 10.5 Å². The minimum atomic E-state index is -0.331. The first kappa shape index (κ1) is 9.98. The molecule has 1 aliphatic heterocycles. The van der Waals surface area contributed by atoms with Gasteiger partial charge in [-0.3, -0.25) is 4.79 Å². The standard InChI is InChI=1S/C11H14N2O2/c12-11(14)6-13-5-8-7-15-10-4-2-1-3-9(8)10/h1-4,8,13H,5-7H2,(H2,12,14). The van der Waals surface area contributed by atoms with Crippen LogP contribution < -0.4 is 15.8 Å². The predicted octanol–water partition coefficient (Wildman–Crippen LogP) is 0.238. The Morgan fingerprint density at radius 1 is 1.53 bits per heavy atom. The lowest BCUT2D eigenvalue weighted by molar-refractivity contribution is -0.117. The lowest BCUT2D eigenvalue weighted by atomic mass is 10.0. The molecule has 2 rings (SSSR count). The topological polar surface area (TPSA) is 64.4 Å². The maximum absolute atomic E-state index is 10.5. The summed E-state index contributed by atoms with van der Waals surface area (Å²) in [5.41, 5.74) is 6.24. The molecule has 0 radical (unpaired) electrons. The third-order valence-corrected chi connectivity index (χ3v) is 2.49. The van der Waals surface area contributed by atoms with E-state index in [0.29, 0.717) is 12.5 Å². The van der Waals surface area contributed by atoms with Gasteiger partial charge in [0.15, 0.2) is 0 Å². The monoisotopic (exact) mass is 206 g/mol. The van der Waals surface area contributed by atoms with Crippen LogP contribution in [-0.4, -0.2) is 25.6 Å². The Hall–Kier alpha value is -1.55. The molecule has 0 aliphatic carbocycles. The second-order valence-electron chi connectivity index (χ2n) is 3.64. The van der Waals surface area contributed by atoms with Crippen LogP contribution in [0.3, 0.4) is 0 Å². The summed E-state index contributed by atoms with van der Waals surface area (Å²) >= 11 is 0. The Balaban J connectivity index is 1.93. The molecule has 0 bridgehead atoms. The van der Waals surface area contributed by atoms with Crippen molar-refractivity contribution < 1.29 is 9.53 Å². The summed E-state index contributed by atoms with van der Waals surface area (Å²) < 4.78 is 5.51. The number of hydrogen-bond donors (Lipinski definition) is 2. The first-order valence-electron chi connectivity index (χ1n) is 4.98. The SMILES string of the molecule is NC(=O)CNCC1COc2ccccc21. The van der Waals surface area contributed by atoms with Gasteiger partial charge in [-0.1, -0.05) is 18.2 Å². The fraction of sp³-hybridized carbons (Fsp3) is 0.364. The molecule has 4 nitrogen and oxygen atoms in total. The number of fused-ring (bicyclic) bond motifs is 1. The maximum Gasteiger partial charge on any atom is 0.231 e. The van der Waals surface area contributed by atoms with E-state index in [1.165, 1.54) is 5.56 Å². The highest BCUT2D eigenvalue weighted by Crippen LogP contribution is 2.32. The van der Waals surface area contributed by atoms with E-state index in [0.717, 1.165) is 12.3 Å². The summed E-state index contributed by atoms with van der Waals surface area (Å²) in [7, 11) is 0. The van der Waals surface area contributed by atoms with Gasteiger partial charge in [0.2, 0.25) is 5.91 Å². The van der Waals surface area contributed by atoms with Crippen molar-refractivity contribution in [3.8, 4) is 5.75 Å². The minimum absolute atomic E-state index is 0.221. The van der Waals surface area contributed by atoms with Crippen LogP contribution in [0.15, 0.2) is 24.3 Å². The third kappa shape index (κ3) is 2.27. The van der Waals surface area contributed by atoms with Crippen molar-refractivity contribution >= 4 is 5.91 Å². The molecule has 1 unspecified atom stereocenters. The number of para-hydroxylation sites is 1. The molecule has 0 spiro atoms. The van der Waals surface area contributed by atoms with Gasteiger partial charge in [-0.2, -0.15) is 0 Å². The summed E-state index contributed by atoms with van der Waals surface area (Å²) in [4.78, 5) is 10.5. The molecule has 1 heterocycles. The third-order valence-electron chi connectivity index (χ3n) is 2.49. The molecule has 0 saturated carbocycles. The van der Waals surface area contributed by atoms with Crippen molar-refractivity contribution in [2.24, 2.45) is 5.73 Å². The van der Waals surface area contributed by atoms with E-state index >= 15 is 0 Å². The van der Waals surface area contributed by atoms with Crippen LogP contribution in [0.4, 0.5) is 0 Å². The molecule has 1 aromatic rings. The Morgan fingerprint density at radius 3 is 3.13 bits per heavy atom. The number of amides is 1. The lowest BCUT2D eigenvalue weighted by Gasteiger charge is -2.08. The van der Waals surface area contributed by atoms with Crippen molar-refractivity contribution in [3.05, 3.63) is 29.8 Å². The van der Waals surface area contributed by atoms with E-state index in [1.807, 2.05) is 18.2 Å². The summed E-state index contributed by atoms with van der Waals surface area (Å²) in [6.07, 6.45) is 0. The van der Waals surface area contributed by atoms with Crippen molar-refractivity contribution in [1.82, 2.24) is 5.32 Å². The zero-order valence-corrected chi connectivity index (χ0v) is 8.40. The largest absolute Gasteiger partial charge is 0.493 e. The van der Waals surface area contributed by atoms with Crippen molar-refractivity contribution in [2.75, 3.05) is 19.7 Å². The van der Waals surface area contributed by atoms with E-state index in [1.54, 1.807) is 0 Å². The molecule has 1 aromatic carbocycles. The van der Waals surface area contributed by atoms with Crippen LogP contribution in [0.25, 0.3) is 0 Å². The molecule has 1 aliphatic rings. The summed E-state index contributed by atoms with van der Waals surface area (Å²) in [6, 6.07) is 7.97. The number of carbonyl (C=O) groups excluding carboxylic acids is 1. The summed E-state index contributed by atoms with van der Waals surface area (Å²) in [6.45, 7) is 1.61. The zero-order chi connectivity index (χ0) is 10.7. The van der Waals surface area contributed by atoms with Gasteiger partial charge in [0.25, 0.3) is 0 Å². The number of ether oxygens (including phenoxy) is 1. The molecular formula is C11H14N2O2. The van der Waals surface area contributed by atoms with Gasteiger partial charge in [-0.05, 0) is 6.07 Å². The number of benzene rings is 1. The average molecular weight is 206 g/mol. The number of nitrogens with two attached hydrogens (primary N) is 1. The Kier molecular flexibility index (Phi) is 2.87. The molecule has 4 heteroatoms. The zero-order valence-electron chi connectivity index (χ0n) is 8.40. The van der Waals surface area contributed by atoms with E-state index < -0.39 is 0 Å². The van der Waals surface area contributed by atoms with Crippen molar-refractivity contribution in [2.45, 2.75) is 5.92 Å². The van der Waals surface area contributed by atoms with Gasteiger partial charge in [0.05, 0.1) is 13.2 Å². The molecule has 1 atom stereocenters. The quantitative estimate of drug-likeness (QED) is 0.741. The van der Waals surface area contributed by atoms with Gasteiger partial charge in [0.1, 0.15) is 5.75 Å². The lowest BCUT2D eigenvalue weighted by Crippen LogP contribution is -2.31. The van der Waals surface area contributed by atoms with Crippen LogP contribution in [-0.2, 0) is 4.79 Å². The van der Waals surface area contributed by atoms with Crippen LogP contribution in [0.1, 0.15) is 11.5 Å². The molecule has 1 amide bonds. The van der Waals surface area contributed by atoms with Gasteiger partial charge in [-0.15, -0.1) is 0 Å². The van der Waals surface area contributed by atoms with Crippen molar-refractivity contribution in [1.29, 1.82) is 0 Å². The Bertz CT molecular complexity index is 365. The molecule has 0 saturated heterocycles. The van der Waals surface area contributed by atoms with E-state index in [9.17, 15) is 4.79 Å². The van der Waals surface area contributed by atoms with Crippen LogP contribution in [0.5, 0.6) is 5.75 Å². The Labute approximate surface area is 88.4 Å². The number of primary amides is 1. The first-order chi connectivity index (χ1) is 7.27. The molecular weight excluding hydrogens is 192 g/mol. The number of rotatable bonds is 4. The average Bonchev–Trinajstić information content (AvgIpc) is 2.62. The van der Waals surface area contributed by atoms with Crippen LogP contribution >= 0.6 is 0 Å². The molecule has 0 fully saturated rings. The highest BCUT2D eigenvalue weighted by Gasteiger charge is 2.22. The first-order valence-corrected chi connectivity index (χ1v) is 4.98. The van der Waals surface area contributed by atoms with Gasteiger partial charge in [-0.25, -0.2) is 0 Å². The summed E-state index contributed by atoms with van der Waals surface area (Å²) in [5.74, 6) is 0.936. The predicted molar refractivity (Wildman–Crippen MR) is 56.7 cm³/mol. The second kappa shape index (κ2) is 4.31. The molecule has 15 heavy (non-hydrogen) atoms.